The van der Waals surface area contributed by atoms with Crippen molar-refractivity contribution in [3.8, 4) is 0 Å². The molecule has 1 N–H and O–H groups in total. The summed E-state index contributed by atoms with van der Waals surface area (Å²) in [6.07, 6.45) is 0. The van der Waals surface area contributed by atoms with Gasteiger partial charge in [0, 0.05) is 35.0 Å². The van der Waals surface area contributed by atoms with Crippen molar-refractivity contribution in [3.05, 3.63) is 87.7 Å². The first kappa shape index (κ1) is 19.9. The van der Waals surface area contributed by atoms with E-state index in [-0.39, 0.29) is 9.80 Å². The van der Waals surface area contributed by atoms with Crippen LogP contribution in [0.1, 0.15) is 24.4 Å². The third-order valence-corrected chi connectivity index (χ3v) is 7.97. The van der Waals surface area contributed by atoms with Crippen molar-refractivity contribution < 1.29 is 8.42 Å². The molecular weight excluding hydrogens is 432 g/mol. The van der Waals surface area contributed by atoms with Gasteiger partial charge in [0.05, 0.1) is 15.5 Å². The molecular formula is C23H21ClN4O2S. The van der Waals surface area contributed by atoms with Gasteiger partial charge in [-0.1, -0.05) is 29.8 Å². The Kier molecular flexibility index (Phi) is 4.50. The number of hydrogen-bond acceptors (Lipinski definition) is 4. The molecule has 1 aliphatic heterocycles. The van der Waals surface area contributed by atoms with E-state index in [9.17, 15) is 8.42 Å². The van der Waals surface area contributed by atoms with Crippen LogP contribution in [0, 0.1) is 6.92 Å². The number of benzene rings is 2. The van der Waals surface area contributed by atoms with Crippen LogP contribution in [0.15, 0.2) is 76.2 Å². The molecule has 2 aromatic carbocycles. The first-order valence-electron chi connectivity index (χ1n) is 9.86. The fraction of sp³-hybridized carbons (Fsp3) is 0.174. The molecule has 0 aliphatic carbocycles. The lowest BCUT2D eigenvalue weighted by Crippen LogP contribution is -2.29. The van der Waals surface area contributed by atoms with E-state index in [0.717, 1.165) is 28.1 Å². The molecule has 158 valence electrons. The maximum atomic E-state index is 13.8. The lowest BCUT2D eigenvalue weighted by molar-refractivity contribution is 0.545. The number of nitrogens with zero attached hydrogens (tertiary/aromatic N) is 3. The van der Waals surface area contributed by atoms with Crippen molar-refractivity contribution in [2.24, 2.45) is 7.05 Å². The Morgan fingerprint density at radius 2 is 1.74 bits per heavy atom. The zero-order valence-electron chi connectivity index (χ0n) is 17.3. The molecule has 0 saturated carbocycles. The minimum Gasteiger partial charge on any atom is -0.345 e. The van der Waals surface area contributed by atoms with Gasteiger partial charge >= 0.3 is 0 Å². The number of aromatic nitrogens is 3. The smallest absolute Gasteiger partial charge is 0.207 e. The Morgan fingerprint density at radius 3 is 2.45 bits per heavy atom. The van der Waals surface area contributed by atoms with Crippen molar-refractivity contribution in [1.82, 2.24) is 14.3 Å². The number of para-hydroxylation sites is 1. The minimum absolute atomic E-state index is 0.198. The van der Waals surface area contributed by atoms with Crippen molar-refractivity contribution in [3.63, 3.8) is 0 Å². The molecule has 4 aromatic rings. The van der Waals surface area contributed by atoms with Gasteiger partial charge in [0.15, 0.2) is 0 Å². The van der Waals surface area contributed by atoms with Gasteiger partial charge in [-0.3, -0.25) is 0 Å². The molecule has 1 atom stereocenters. The van der Waals surface area contributed by atoms with Gasteiger partial charge in [0.25, 0.3) is 0 Å². The van der Waals surface area contributed by atoms with Crippen LogP contribution in [-0.4, -0.2) is 22.8 Å². The van der Waals surface area contributed by atoms with Crippen LogP contribution in [0.4, 0.5) is 5.82 Å². The minimum atomic E-state index is -3.83. The molecule has 3 heterocycles. The lowest BCUT2D eigenvalue weighted by atomic mass is 10.1. The van der Waals surface area contributed by atoms with E-state index in [1.54, 1.807) is 35.9 Å². The number of fused-ring (bicyclic) bond motifs is 2. The highest BCUT2D eigenvalue weighted by atomic mass is 35.5. The molecule has 5 rings (SSSR count). The van der Waals surface area contributed by atoms with Crippen molar-refractivity contribution in [2.45, 2.75) is 24.8 Å². The Labute approximate surface area is 185 Å². The highest BCUT2D eigenvalue weighted by Gasteiger charge is 2.39. The lowest BCUT2D eigenvalue weighted by Gasteiger charge is -2.30. The van der Waals surface area contributed by atoms with Crippen LogP contribution >= 0.6 is 11.6 Å². The molecule has 0 amide bonds. The monoisotopic (exact) mass is 452 g/mol. The Morgan fingerprint density at radius 1 is 1.03 bits per heavy atom. The molecule has 0 radical (unpaired) electrons. The number of sulfone groups is 1. The Balaban J connectivity index is 1.79. The molecule has 0 bridgehead atoms. The quantitative estimate of drug-likeness (QED) is 0.472. The molecule has 0 fully saturated rings. The largest absolute Gasteiger partial charge is 0.345 e. The van der Waals surface area contributed by atoms with E-state index in [2.05, 4.69) is 10.4 Å². The van der Waals surface area contributed by atoms with Crippen LogP contribution in [0.3, 0.4) is 0 Å². The topological polar surface area (TPSA) is 68.9 Å². The summed E-state index contributed by atoms with van der Waals surface area (Å²) in [4.78, 5) is 0.473. The van der Waals surface area contributed by atoms with E-state index < -0.39 is 15.9 Å². The second-order valence-electron chi connectivity index (χ2n) is 7.78. The van der Waals surface area contributed by atoms with Crippen LogP contribution in [-0.2, 0) is 16.9 Å². The number of rotatable bonds is 3. The van der Waals surface area contributed by atoms with E-state index in [1.165, 1.54) is 0 Å². The average molecular weight is 453 g/mol. The van der Waals surface area contributed by atoms with Crippen molar-refractivity contribution in [1.29, 1.82) is 0 Å². The summed E-state index contributed by atoms with van der Waals surface area (Å²) in [6.45, 7) is 3.69. The Hall–Kier alpha value is -3.03. The zero-order valence-corrected chi connectivity index (χ0v) is 18.9. The molecule has 1 aliphatic rings. The molecule has 31 heavy (non-hydrogen) atoms. The summed E-state index contributed by atoms with van der Waals surface area (Å²) >= 11 is 6.00. The van der Waals surface area contributed by atoms with Gasteiger partial charge in [0.2, 0.25) is 9.84 Å². The SMILES string of the molecule is CC1=C(S(=O)(=O)c2ccc(Cl)cc2)C(c2cc3ccccc3n2C)n2nc(C)cc2N1. The van der Waals surface area contributed by atoms with Crippen LogP contribution in [0.25, 0.3) is 10.9 Å². The summed E-state index contributed by atoms with van der Waals surface area (Å²) in [5, 5.41) is 9.42. The highest BCUT2D eigenvalue weighted by molar-refractivity contribution is 7.95. The Bertz CT molecular complexity index is 1460. The van der Waals surface area contributed by atoms with E-state index in [0.29, 0.717) is 10.7 Å². The standard InChI is InChI=1S/C23H21ClN4O2S/c1-14-12-21-25-15(2)23(31(29,30)18-10-8-17(24)9-11-18)22(28(21)26-14)20-13-16-6-4-5-7-19(16)27(20)3/h4-13,22,25H,1-3H3. The predicted molar refractivity (Wildman–Crippen MR) is 123 cm³/mol. The summed E-state index contributed by atoms with van der Waals surface area (Å²) in [7, 11) is -1.87. The maximum absolute atomic E-state index is 13.8. The third-order valence-electron chi connectivity index (χ3n) is 5.72. The summed E-state index contributed by atoms with van der Waals surface area (Å²) < 4.78 is 31.5. The van der Waals surface area contributed by atoms with Gasteiger partial charge < -0.3 is 9.88 Å². The third kappa shape index (κ3) is 3.07. The predicted octanol–water partition coefficient (Wildman–Crippen LogP) is 5.06. The first-order chi connectivity index (χ1) is 14.8. The number of hydrogen-bond donors (Lipinski definition) is 1. The molecule has 0 saturated heterocycles. The van der Waals surface area contributed by atoms with Crippen LogP contribution in [0.2, 0.25) is 5.02 Å². The number of nitrogens with one attached hydrogen (secondary N) is 1. The highest BCUT2D eigenvalue weighted by Crippen LogP contribution is 2.42. The molecule has 0 spiro atoms. The molecule has 1 unspecified atom stereocenters. The van der Waals surface area contributed by atoms with E-state index in [4.69, 9.17) is 11.6 Å². The number of allylic oxidation sites excluding steroid dienone is 2. The number of halogens is 1. The van der Waals surface area contributed by atoms with Gasteiger partial charge in [-0.25, -0.2) is 13.1 Å². The molecule has 2 aromatic heterocycles. The normalized spacial score (nSPS) is 16.5. The average Bonchev–Trinajstić information content (AvgIpc) is 3.26. The van der Waals surface area contributed by atoms with Gasteiger partial charge in [0.1, 0.15) is 11.9 Å². The van der Waals surface area contributed by atoms with Gasteiger partial charge in [-0.2, -0.15) is 5.10 Å². The van der Waals surface area contributed by atoms with Crippen molar-refractivity contribution >= 4 is 38.2 Å². The summed E-state index contributed by atoms with van der Waals surface area (Å²) in [5.41, 5.74) is 3.27. The maximum Gasteiger partial charge on any atom is 0.207 e. The second kappa shape index (κ2) is 7.00. The number of anilines is 1. The van der Waals surface area contributed by atoms with Crippen molar-refractivity contribution in [2.75, 3.05) is 5.32 Å². The second-order valence-corrected chi connectivity index (χ2v) is 10.1. The van der Waals surface area contributed by atoms with E-state index in [1.807, 2.05) is 54.9 Å². The van der Waals surface area contributed by atoms with E-state index >= 15 is 0 Å². The van der Waals surface area contributed by atoms with Gasteiger partial charge in [-0.15, -0.1) is 0 Å². The van der Waals surface area contributed by atoms with Crippen LogP contribution in [0.5, 0.6) is 0 Å². The fourth-order valence-corrected chi connectivity index (χ4v) is 6.14. The molecule has 6 nitrogen and oxygen atoms in total. The number of aryl methyl sites for hydroxylation is 2. The summed E-state index contributed by atoms with van der Waals surface area (Å²) in [5.74, 6) is 0.764. The zero-order chi connectivity index (χ0) is 21.9. The van der Waals surface area contributed by atoms with Crippen LogP contribution < -0.4 is 5.32 Å². The van der Waals surface area contributed by atoms with Gasteiger partial charge in [-0.05, 0) is 55.6 Å². The first-order valence-corrected chi connectivity index (χ1v) is 11.7. The summed E-state index contributed by atoms with van der Waals surface area (Å²) in [6, 6.07) is 17.6. The fourth-order valence-electron chi connectivity index (χ4n) is 4.30. The molecule has 8 heteroatoms.